The normalized spacial score (nSPS) is 24.5. The first-order valence-electron chi connectivity index (χ1n) is 8.13. The first kappa shape index (κ1) is 20.6. The van der Waals surface area contributed by atoms with Gasteiger partial charge in [-0.05, 0) is 49.9 Å². The van der Waals surface area contributed by atoms with Crippen LogP contribution in [0.2, 0.25) is 0 Å². The summed E-state index contributed by atoms with van der Waals surface area (Å²) in [5, 5.41) is 3.17. The summed E-state index contributed by atoms with van der Waals surface area (Å²) >= 11 is 0. The van der Waals surface area contributed by atoms with Crippen LogP contribution in [0.5, 0.6) is 0 Å². The van der Waals surface area contributed by atoms with Crippen LogP contribution < -0.4 is 14.8 Å². The van der Waals surface area contributed by atoms with Crippen LogP contribution in [-0.4, -0.2) is 42.0 Å². The Balaban J connectivity index is 0.00000225. The molecular formula is C15H24ClN3O4S2. The fourth-order valence-corrected chi connectivity index (χ4v) is 5.53. The van der Waals surface area contributed by atoms with E-state index in [1.54, 1.807) is 0 Å². The van der Waals surface area contributed by atoms with Crippen LogP contribution in [-0.2, 0) is 20.0 Å². The van der Waals surface area contributed by atoms with Gasteiger partial charge in [0.05, 0.1) is 9.79 Å². The van der Waals surface area contributed by atoms with Crippen molar-refractivity contribution in [1.29, 1.82) is 0 Å². The van der Waals surface area contributed by atoms with E-state index >= 15 is 0 Å². The molecule has 1 aliphatic heterocycles. The molecule has 3 rings (SSSR count). The number of hydrogen-bond donors (Lipinski definition) is 3. The molecule has 2 unspecified atom stereocenters. The van der Waals surface area contributed by atoms with Crippen molar-refractivity contribution in [2.75, 3.05) is 13.1 Å². The van der Waals surface area contributed by atoms with E-state index in [0.717, 1.165) is 25.8 Å². The molecule has 0 amide bonds. The van der Waals surface area contributed by atoms with E-state index in [0.29, 0.717) is 6.54 Å². The van der Waals surface area contributed by atoms with Crippen LogP contribution in [0.15, 0.2) is 34.1 Å². The third-order valence-corrected chi connectivity index (χ3v) is 7.47. The molecule has 10 heteroatoms. The second kappa shape index (κ2) is 7.89. The Labute approximate surface area is 155 Å². The van der Waals surface area contributed by atoms with Crippen molar-refractivity contribution in [3.8, 4) is 0 Å². The van der Waals surface area contributed by atoms with Gasteiger partial charge in [0.1, 0.15) is 0 Å². The van der Waals surface area contributed by atoms with Crippen molar-refractivity contribution in [3.05, 3.63) is 24.3 Å². The van der Waals surface area contributed by atoms with E-state index in [-0.39, 0.29) is 40.2 Å². The molecule has 2 atom stereocenters. The second-order valence-electron chi connectivity index (χ2n) is 6.57. The molecule has 25 heavy (non-hydrogen) atoms. The quantitative estimate of drug-likeness (QED) is 0.645. The highest BCUT2D eigenvalue weighted by molar-refractivity contribution is 7.90. The topological polar surface area (TPSA) is 104 Å². The van der Waals surface area contributed by atoms with Crippen molar-refractivity contribution >= 4 is 32.5 Å². The summed E-state index contributed by atoms with van der Waals surface area (Å²) in [4.78, 5) is -0.0500. The summed E-state index contributed by atoms with van der Waals surface area (Å²) in [6, 6.07) is 5.27. The van der Waals surface area contributed by atoms with Crippen LogP contribution in [0.1, 0.15) is 26.2 Å². The second-order valence-corrected chi connectivity index (χ2v) is 10.00. The molecule has 1 heterocycles. The molecule has 1 aromatic carbocycles. The summed E-state index contributed by atoms with van der Waals surface area (Å²) in [6.45, 7) is 3.45. The number of piperidine rings is 1. The van der Waals surface area contributed by atoms with Gasteiger partial charge in [-0.1, -0.05) is 13.0 Å². The molecule has 142 valence electrons. The lowest BCUT2D eigenvalue weighted by Crippen LogP contribution is -2.50. The Morgan fingerprint density at radius 2 is 1.60 bits per heavy atom. The zero-order valence-electron chi connectivity index (χ0n) is 13.9. The lowest BCUT2D eigenvalue weighted by Gasteiger charge is -2.30. The lowest BCUT2D eigenvalue weighted by molar-refractivity contribution is 0.327. The van der Waals surface area contributed by atoms with Crippen molar-refractivity contribution in [1.82, 2.24) is 14.8 Å². The minimum absolute atomic E-state index is 0. The van der Waals surface area contributed by atoms with Gasteiger partial charge < -0.3 is 5.32 Å². The maximum absolute atomic E-state index is 12.6. The Morgan fingerprint density at radius 3 is 2.16 bits per heavy atom. The van der Waals surface area contributed by atoms with Crippen molar-refractivity contribution in [2.45, 2.75) is 48.1 Å². The predicted molar refractivity (Wildman–Crippen MR) is 97.8 cm³/mol. The highest BCUT2D eigenvalue weighted by atomic mass is 35.5. The van der Waals surface area contributed by atoms with E-state index in [9.17, 15) is 16.8 Å². The smallest absolute Gasteiger partial charge is 0.240 e. The summed E-state index contributed by atoms with van der Waals surface area (Å²) in [5.74, 6) is 0.226. The molecule has 1 saturated carbocycles. The third-order valence-electron chi connectivity index (χ3n) is 4.46. The van der Waals surface area contributed by atoms with Gasteiger partial charge in [0.25, 0.3) is 0 Å². The standard InChI is InChI=1S/C15H23N3O4S2.ClH/c1-11-7-8-16-10-15(11)18-24(21,22)14-4-2-3-13(9-14)23(19,20)17-12-5-6-12;/h2-4,9,11-12,15-18H,5-8,10H2,1H3;1H. The van der Waals surface area contributed by atoms with Crippen molar-refractivity contribution in [2.24, 2.45) is 5.92 Å². The Morgan fingerprint density at radius 1 is 1.00 bits per heavy atom. The van der Waals surface area contributed by atoms with Crippen LogP contribution in [0.25, 0.3) is 0 Å². The number of rotatable bonds is 6. The summed E-state index contributed by atoms with van der Waals surface area (Å²) < 4.78 is 55.0. The van der Waals surface area contributed by atoms with E-state index in [4.69, 9.17) is 0 Å². The van der Waals surface area contributed by atoms with E-state index in [1.165, 1.54) is 24.3 Å². The van der Waals surface area contributed by atoms with Gasteiger partial charge in [0.2, 0.25) is 20.0 Å². The summed E-state index contributed by atoms with van der Waals surface area (Å²) in [6.07, 6.45) is 2.55. The minimum Gasteiger partial charge on any atom is -0.315 e. The van der Waals surface area contributed by atoms with E-state index in [2.05, 4.69) is 14.8 Å². The zero-order valence-corrected chi connectivity index (χ0v) is 16.4. The number of hydrogen-bond acceptors (Lipinski definition) is 5. The lowest BCUT2D eigenvalue weighted by atomic mass is 9.96. The van der Waals surface area contributed by atoms with Crippen LogP contribution in [0.4, 0.5) is 0 Å². The summed E-state index contributed by atoms with van der Waals surface area (Å²) in [5.41, 5.74) is 0. The maximum atomic E-state index is 12.6. The fourth-order valence-electron chi connectivity index (χ4n) is 2.71. The number of sulfonamides is 2. The van der Waals surface area contributed by atoms with Crippen LogP contribution in [0, 0.1) is 5.92 Å². The number of benzene rings is 1. The molecule has 0 radical (unpaired) electrons. The molecule has 1 aliphatic carbocycles. The monoisotopic (exact) mass is 409 g/mol. The van der Waals surface area contributed by atoms with Gasteiger partial charge in [-0.25, -0.2) is 26.3 Å². The zero-order chi connectivity index (χ0) is 17.4. The highest BCUT2D eigenvalue weighted by Crippen LogP contribution is 2.23. The van der Waals surface area contributed by atoms with Crippen LogP contribution in [0.3, 0.4) is 0 Å². The van der Waals surface area contributed by atoms with E-state index in [1.807, 2.05) is 6.92 Å². The first-order valence-corrected chi connectivity index (χ1v) is 11.1. The SMILES string of the molecule is CC1CCNCC1NS(=O)(=O)c1cccc(S(=O)(=O)NC2CC2)c1.Cl. The van der Waals surface area contributed by atoms with E-state index < -0.39 is 20.0 Å². The van der Waals surface area contributed by atoms with Crippen molar-refractivity contribution < 1.29 is 16.8 Å². The molecule has 2 aliphatic rings. The molecule has 3 N–H and O–H groups in total. The van der Waals surface area contributed by atoms with Gasteiger partial charge in [0.15, 0.2) is 0 Å². The Bertz CT molecular complexity index is 810. The maximum Gasteiger partial charge on any atom is 0.240 e. The Hall–Kier alpha value is -0.710. The molecular weight excluding hydrogens is 386 g/mol. The van der Waals surface area contributed by atoms with Gasteiger partial charge in [-0.15, -0.1) is 12.4 Å². The van der Waals surface area contributed by atoms with Crippen LogP contribution >= 0.6 is 12.4 Å². The average Bonchev–Trinajstić information content (AvgIpc) is 3.33. The van der Waals surface area contributed by atoms with Crippen molar-refractivity contribution in [3.63, 3.8) is 0 Å². The summed E-state index contributed by atoms with van der Waals surface area (Å²) in [7, 11) is -7.45. The largest absolute Gasteiger partial charge is 0.315 e. The molecule has 1 saturated heterocycles. The fraction of sp³-hybridized carbons (Fsp3) is 0.600. The number of nitrogens with one attached hydrogen (secondary N) is 3. The third kappa shape index (κ3) is 5.15. The minimum atomic E-state index is -3.77. The molecule has 7 nitrogen and oxygen atoms in total. The average molecular weight is 410 g/mol. The molecule has 0 aromatic heterocycles. The van der Waals surface area contributed by atoms with Gasteiger partial charge in [-0.3, -0.25) is 0 Å². The predicted octanol–water partition coefficient (Wildman–Crippen LogP) is 0.825. The molecule has 2 fully saturated rings. The molecule has 1 aromatic rings. The highest BCUT2D eigenvalue weighted by Gasteiger charge is 2.30. The van der Waals surface area contributed by atoms with Gasteiger partial charge >= 0.3 is 0 Å². The molecule has 0 spiro atoms. The molecule has 0 bridgehead atoms. The van der Waals surface area contributed by atoms with Gasteiger partial charge in [-0.2, -0.15) is 0 Å². The number of halogens is 1. The van der Waals surface area contributed by atoms with Gasteiger partial charge in [0, 0.05) is 18.6 Å². The first-order chi connectivity index (χ1) is 11.3. The Kier molecular flexibility index (Phi) is 6.50.